The topological polar surface area (TPSA) is 92.3 Å². The Morgan fingerprint density at radius 3 is 1.44 bits per heavy atom. The van der Waals surface area contributed by atoms with Gasteiger partial charge in [0, 0.05) is 35.3 Å². The van der Waals surface area contributed by atoms with Crippen molar-refractivity contribution in [2.45, 2.75) is 23.6 Å². The quantitative estimate of drug-likeness (QED) is 0.817. The molecule has 0 aromatic heterocycles. The van der Waals surface area contributed by atoms with Crippen molar-refractivity contribution in [2.75, 3.05) is 10.6 Å². The van der Waals surface area contributed by atoms with Gasteiger partial charge in [0.15, 0.2) is 0 Å². The van der Waals surface area contributed by atoms with Crippen molar-refractivity contribution in [3.63, 3.8) is 0 Å². The highest BCUT2D eigenvalue weighted by Gasteiger charge is 2.21. The van der Waals surface area contributed by atoms with Gasteiger partial charge in [0.2, 0.25) is 21.7 Å². The lowest BCUT2D eigenvalue weighted by Gasteiger charge is -2.11. The molecule has 0 unspecified atom stereocenters. The highest BCUT2D eigenvalue weighted by atomic mass is 35.5. The lowest BCUT2D eigenvalue weighted by Crippen LogP contribution is -2.09. The molecule has 0 saturated carbocycles. The van der Waals surface area contributed by atoms with Gasteiger partial charge in [0.1, 0.15) is 0 Å². The van der Waals surface area contributed by atoms with Gasteiger partial charge in [0.05, 0.1) is 9.79 Å². The second-order valence-electron chi connectivity index (χ2n) is 5.22. The van der Waals surface area contributed by atoms with Crippen molar-refractivity contribution in [3.05, 3.63) is 46.4 Å². The molecule has 2 aromatic carbocycles. The number of carbonyl (C=O) groups excluding carboxylic acids is 2. The molecule has 0 aliphatic carbocycles. The second kappa shape index (κ2) is 7.43. The summed E-state index contributed by atoms with van der Waals surface area (Å²) in [5, 5.41) is 5.27. The van der Waals surface area contributed by atoms with E-state index in [1.165, 1.54) is 50.2 Å². The first kappa shape index (κ1) is 19.2. The minimum absolute atomic E-state index is 0.111. The average molecular weight is 401 g/mol. The van der Waals surface area contributed by atoms with E-state index in [2.05, 4.69) is 10.6 Å². The fourth-order valence-electron chi connectivity index (χ4n) is 2.12. The van der Waals surface area contributed by atoms with Crippen molar-refractivity contribution >= 4 is 56.2 Å². The number of carbonyl (C=O) groups is 2. The van der Waals surface area contributed by atoms with Crippen molar-refractivity contribution in [1.82, 2.24) is 0 Å². The standard InChI is InChI=1S/C16H14Cl2N2O4S/c1-9(21)19-13-3-11(17)5-15(7-13)25(23,24)16-6-12(18)4-14(8-16)20-10(2)22/h3-8H,1-2H3,(H,19,21)(H,20,22). The molecule has 0 aliphatic heterocycles. The summed E-state index contributed by atoms with van der Waals surface area (Å²) in [5.74, 6) is -0.720. The first-order valence-corrected chi connectivity index (χ1v) is 9.23. The van der Waals surface area contributed by atoms with E-state index in [1.807, 2.05) is 0 Å². The maximum absolute atomic E-state index is 12.9. The SMILES string of the molecule is CC(=O)Nc1cc(Cl)cc(S(=O)(=O)c2cc(Cl)cc(NC(C)=O)c2)c1. The molecule has 25 heavy (non-hydrogen) atoms. The third kappa shape index (κ3) is 4.94. The molecule has 132 valence electrons. The van der Waals surface area contributed by atoms with Crippen molar-refractivity contribution in [3.8, 4) is 0 Å². The molecule has 0 saturated heterocycles. The number of halogens is 2. The van der Waals surface area contributed by atoms with E-state index in [0.29, 0.717) is 0 Å². The van der Waals surface area contributed by atoms with Crippen LogP contribution < -0.4 is 10.6 Å². The van der Waals surface area contributed by atoms with Crippen LogP contribution >= 0.6 is 23.2 Å². The maximum atomic E-state index is 12.9. The number of anilines is 2. The van der Waals surface area contributed by atoms with Crippen LogP contribution in [0.2, 0.25) is 10.0 Å². The summed E-state index contributed by atoms with van der Waals surface area (Å²) < 4.78 is 25.7. The fraction of sp³-hybridized carbons (Fsp3) is 0.125. The summed E-state index contributed by atoms with van der Waals surface area (Å²) >= 11 is 11.9. The van der Waals surface area contributed by atoms with Gasteiger partial charge in [-0.2, -0.15) is 0 Å². The van der Waals surface area contributed by atoms with Crippen LogP contribution in [0.3, 0.4) is 0 Å². The first-order chi connectivity index (χ1) is 11.6. The Bertz CT molecular complexity index is 887. The van der Waals surface area contributed by atoms with Crippen molar-refractivity contribution < 1.29 is 18.0 Å². The number of nitrogens with one attached hydrogen (secondary N) is 2. The first-order valence-electron chi connectivity index (χ1n) is 6.99. The van der Waals surface area contributed by atoms with Gasteiger partial charge in [-0.1, -0.05) is 23.2 Å². The smallest absolute Gasteiger partial charge is 0.221 e. The molecule has 2 N–H and O–H groups in total. The molecule has 0 radical (unpaired) electrons. The van der Waals surface area contributed by atoms with Crippen LogP contribution in [-0.2, 0) is 19.4 Å². The fourth-order valence-corrected chi connectivity index (χ4v) is 4.12. The molecule has 9 heteroatoms. The zero-order valence-electron chi connectivity index (χ0n) is 13.3. The summed E-state index contributed by atoms with van der Waals surface area (Å²) in [6.07, 6.45) is 0. The lowest BCUT2D eigenvalue weighted by molar-refractivity contribution is -0.115. The highest BCUT2D eigenvalue weighted by molar-refractivity contribution is 7.91. The van der Waals surface area contributed by atoms with Gasteiger partial charge >= 0.3 is 0 Å². The molecular weight excluding hydrogens is 387 g/mol. The lowest BCUT2D eigenvalue weighted by atomic mass is 10.3. The summed E-state index contributed by atoms with van der Waals surface area (Å²) in [6.45, 7) is 2.59. The Hall–Kier alpha value is -2.09. The molecule has 2 aromatic rings. The molecule has 2 amide bonds. The average Bonchev–Trinajstić information content (AvgIpc) is 2.44. The largest absolute Gasteiger partial charge is 0.326 e. The van der Waals surface area contributed by atoms with E-state index in [-0.39, 0.29) is 43.0 Å². The molecule has 6 nitrogen and oxygen atoms in total. The minimum atomic E-state index is -3.97. The molecule has 0 heterocycles. The van der Waals surface area contributed by atoms with Gasteiger partial charge in [-0.3, -0.25) is 9.59 Å². The molecular formula is C16H14Cl2N2O4S. The summed E-state index contributed by atoms with van der Waals surface area (Å²) in [7, 11) is -3.97. The van der Waals surface area contributed by atoms with E-state index in [1.54, 1.807) is 0 Å². The highest BCUT2D eigenvalue weighted by Crippen LogP contribution is 2.30. The molecule has 0 aliphatic rings. The van der Waals surface area contributed by atoms with E-state index >= 15 is 0 Å². The van der Waals surface area contributed by atoms with E-state index < -0.39 is 9.84 Å². The predicted octanol–water partition coefficient (Wildman–Crippen LogP) is 3.74. The maximum Gasteiger partial charge on any atom is 0.221 e. The normalized spacial score (nSPS) is 11.0. The molecule has 0 bridgehead atoms. The monoisotopic (exact) mass is 400 g/mol. The Morgan fingerprint density at radius 1 is 0.760 bits per heavy atom. The second-order valence-corrected chi connectivity index (χ2v) is 8.04. The Kier molecular flexibility index (Phi) is 5.72. The number of hydrogen-bond donors (Lipinski definition) is 2. The summed E-state index contributed by atoms with van der Waals surface area (Å²) in [5.41, 5.74) is 0.505. The van der Waals surface area contributed by atoms with Crippen LogP contribution in [0, 0.1) is 0 Å². The van der Waals surface area contributed by atoms with Crippen LogP contribution in [0.1, 0.15) is 13.8 Å². The van der Waals surface area contributed by atoms with E-state index in [4.69, 9.17) is 23.2 Å². The number of hydrogen-bond acceptors (Lipinski definition) is 4. The molecule has 0 spiro atoms. The minimum Gasteiger partial charge on any atom is -0.326 e. The Morgan fingerprint density at radius 2 is 1.12 bits per heavy atom. The zero-order chi connectivity index (χ0) is 18.8. The number of benzene rings is 2. The van der Waals surface area contributed by atoms with E-state index in [0.717, 1.165) is 0 Å². The molecule has 2 rings (SSSR count). The number of rotatable bonds is 4. The van der Waals surface area contributed by atoms with Crippen LogP contribution in [0.15, 0.2) is 46.2 Å². The van der Waals surface area contributed by atoms with Crippen LogP contribution in [0.5, 0.6) is 0 Å². The summed E-state index contributed by atoms with van der Waals surface area (Å²) in [6, 6.07) is 7.98. The Balaban J connectivity index is 2.55. The van der Waals surface area contributed by atoms with Crippen LogP contribution in [0.4, 0.5) is 11.4 Å². The van der Waals surface area contributed by atoms with Gasteiger partial charge in [-0.25, -0.2) is 8.42 Å². The zero-order valence-corrected chi connectivity index (χ0v) is 15.6. The molecule has 0 atom stereocenters. The molecule has 0 fully saturated rings. The van der Waals surface area contributed by atoms with E-state index in [9.17, 15) is 18.0 Å². The van der Waals surface area contributed by atoms with Gasteiger partial charge in [-0.05, 0) is 36.4 Å². The van der Waals surface area contributed by atoms with Crippen LogP contribution in [0.25, 0.3) is 0 Å². The van der Waals surface area contributed by atoms with Gasteiger partial charge in [-0.15, -0.1) is 0 Å². The Labute approximate surface area is 155 Å². The predicted molar refractivity (Wildman–Crippen MR) is 97.0 cm³/mol. The van der Waals surface area contributed by atoms with Crippen molar-refractivity contribution in [2.24, 2.45) is 0 Å². The van der Waals surface area contributed by atoms with Gasteiger partial charge < -0.3 is 10.6 Å². The van der Waals surface area contributed by atoms with Crippen molar-refractivity contribution in [1.29, 1.82) is 0 Å². The third-order valence-electron chi connectivity index (χ3n) is 3.00. The summed E-state index contributed by atoms with van der Waals surface area (Å²) in [4.78, 5) is 22.1. The third-order valence-corrected chi connectivity index (χ3v) is 5.15. The number of sulfone groups is 1. The van der Waals surface area contributed by atoms with Crippen LogP contribution in [-0.4, -0.2) is 20.2 Å². The number of amides is 2. The van der Waals surface area contributed by atoms with Gasteiger partial charge in [0.25, 0.3) is 0 Å².